The standard InChI is InChI=1S/C3H3B2/c1-2-3-5-4/h1H3. The lowest BCUT2D eigenvalue weighted by atomic mass is 9.57. The van der Waals surface area contributed by atoms with Crippen LogP contribution in [0.3, 0.4) is 0 Å². The SMILES string of the molecule is [B][B]C#CC. The van der Waals surface area contributed by atoms with Gasteiger partial charge in [-0.25, -0.2) is 0 Å². The minimum absolute atomic E-state index is 1.32. The lowest BCUT2D eigenvalue weighted by Crippen LogP contribution is -1.77. The van der Waals surface area contributed by atoms with E-state index in [0.717, 1.165) is 0 Å². The summed E-state index contributed by atoms with van der Waals surface area (Å²) in [5.74, 6) is 5.10. The highest BCUT2D eigenvalue weighted by atomic mass is 13.3. The Kier molecular flexibility index (Phi) is 3.46. The van der Waals surface area contributed by atoms with Crippen molar-refractivity contribution in [3.8, 4) is 11.7 Å². The number of rotatable bonds is 0. The molecule has 2 heteroatoms. The molecule has 0 N–H and O–H groups in total. The summed E-state index contributed by atoms with van der Waals surface area (Å²) in [4.78, 5) is 0. The van der Waals surface area contributed by atoms with Gasteiger partial charge in [-0.15, -0.1) is 5.92 Å². The van der Waals surface area contributed by atoms with Crippen LogP contribution in [0.15, 0.2) is 0 Å². The number of hydrogen-bond donors (Lipinski definition) is 0. The van der Waals surface area contributed by atoms with Crippen LogP contribution in [0.5, 0.6) is 0 Å². The van der Waals surface area contributed by atoms with Crippen molar-refractivity contribution in [3.63, 3.8) is 0 Å². The van der Waals surface area contributed by atoms with Crippen molar-refractivity contribution in [1.29, 1.82) is 0 Å². The van der Waals surface area contributed by atoms with Gasteiger partial charge in [0.2, 0.25) is 0 Å². The van der Waals surface area contributed by atoms with E-state index in [1.165, 1.54) is 7.17 Å². The molecule has 5 heavy (non-hydrogen) atoms. The summed E-state index contributed by atoms with van der Waals surface area (Å²) in [6.07, 6.45) is 0. The molecule has 0 aromatic heterocycles. The zero-order valence-corrected chi connectivity index (χ0v) is 3.15. The van der Waals surface area contributed by atoms with E-state index in [2.05, 4.69) is 11.7 Å². The quantitative estimate of drug-likeness (QED) is 0.267. The molecule has 0 nitrogen and oxygen atoms in total. The van der Waals surface area contributed by atoms with Crippen LogP contribution in [-0.4, -0.2) is 14.9 Å². The molecular weight excluding hydrogens is 57.7 g/mol. The lowest BCUT2D eigenvalue weighted by molar-refractivity contribution is 1.93. The summed E-state index contributed by atoms with van der Waals surface area (Å²) in [7, 11) is 6.16. The van der Waals surface area contributed by atoms with Crippen LogP contribution in [0.2, 0.25) is 0 Å². The van der Waals surface area contributed by atoms with Crippen LogP contribution in [0, 0.1) is 11.7 Å². The highest BCUT2D eigenvalue weighted by Gasteiger charge is 1.54. The lowest BCUT2D eigenvalue weighted by Gasteiger charge is -1.54. The van der Waals surface area contributed by atoms with E-state index in [0.29, 0.717) is 0 Å². The van der Waals surface area contributed by atoms with Gasteiger partial charge in [-0.3, -0.25) is 0 Å². The van der Waals surface area contributed by atoms with Gasteiger partial charge in [0.15, 0.2) is 7.17 Å². The minimum Gasteiger partial charge on any atom is -0.175 e. The molecule has 0 aromatic rings. The van der Waals surface area contributed by atoms with Gasteiger partial charge in [0.25, 0.3) is 0 Å². The Bertz CT molecular complexity index is 57.0. The van der Waals surface area contributed by atoms with E-state index < -0.39 is 0 Å². The molecule has 0 aromatic carbocycles. The van der Waals surface area contributed by atoms with Gasteiger partial charge < -0.3 is 0 Å². The van der Waals surface area contributed by atoms with Crippen molar-refractivity contribution in [2.45, 2.75) is 6.92 Å². The molecule has 0 unspecified atom stereocenters. The average molecular weight is 60.7 g/mol. The van der Waals surface area contributed by atoms with Crippen molar-refractivity contribution in [3.05, 3.63) is 0 Å². The van der Waals surface area contributed by atoms with Crippen LogP contribution in [0.4, 0.5) is 0 Å². The maximum Gasteiger partial charge on any atom is 0.158 e. The number of hydrogen-bond acceptors (Lipinski definition) is 0. The largest absolute Gasteiger partial charge is 0.175 e. The summed E-state index contributed by atoms with van der Waals surface area (Å²) in [5.41, 5.74) is 0. The molecule has 0 aliphatic heterocycles. The third-order valence-corrected chi connectivity index (χ3v) is 0.228. The van der Waals surface area contributed by atoms with Gasteiger partial charge in [-0.05, 0) is 6.92 Å². The van der Waals surface area contributed by atoms with Crippen molar-refractivity contribution in [2.24, 2.45) is 0 Å². The Morgan fingerprint density at radius 1 is 1.80 bits per heavy atom. The van der Waals surface area contributed by atoms with Crippen LogP contribution in [0.1, 0.15) is 6.92 Å². The van der Waals surface area contributed by atoms with Gasteiger partial charge in [-0.1, -0.05) is 0 Å². The normalized spacial score (nSPS) is 4.20. The smallest absolute Gasteiger partial charge is 0.158 e. The summed E-state index contributed by atoms with van der Waals surface area (Å²) in [5, 5.41) is 0. The first kappa shape index (κ1) is 4.69. The van der Waals surface area contributed by atoms with Crippen molar-refractivity contribution in [2.75, 3.05) is 0 Å². The minimum atomic E-state index is 1.32. The highest BCUT2D eigenvalue weighted by molar-refractivity contribution is 6.94. The van der Waals surface area contributed by atoms with Crippen LogP contribution < -0.4 is 0 Å². The molecule has 0 saturated carbocycles. The molecule has 0 heterocycles. The first-order chi connectivity index (χ1) is 2.41. The van der Waals surface area contributed by atoms with Crippen LogP contribution >= 0.6 is 0 Å². The molecule has 3 radical (unpaired) electrons. The highest BCUT2D eigenvalue weighted by Crippen LogP contribution is 1.39. The van der Waals surface area contributed by atoms with E-state index in [9.17, 15) is 0 Å². The molecule has 0 spiro atoms. The second-order valence-corrected chi connectivity index (χ2v) is 0.561. The molecule has 0 aliphatic carbocycles. The third-order valence-electron chi connectivity index (χ3n) is 0.228. The van der Waals surface area contributed by atoms with E-state index in [4.69, 9.17) is 7.74 Å². The fourth-order valence-corrected chi connectivity index (χ4v) is 0.0833. The van der Waals surface area contributed by atoms with Crippen LogP contribution in [0.25, 0.3) is 0 Å². The van der Waals surface area contributed by atoms with E-state index in [1.54, 1.807) is 6.92 Å². The van der Waals surface area contributed by atoms with Crippen molar-refractivity contribution >= 4 is 14.9 Å². The molecule has 0 fully saturated rings. The molecule has 0 atom stereocenters. The average Bonchev–Trinajstić information content (AvgIpc) is 1.41. The first-order valence-electron chi connectivity index (χ1n) is 1.37. The summed E-state index contributed by atoms with van der Waals surface area (Å²) in [6.45, 7) is 1.74. The Hall–Kier alpha value is -0.310. The van der Waals surface area contributed by atoms with E-state index >= 15 is 0 Å². The topological polar surface area (TPSA) is 0 Å². The second-order valence-electron chi connectivity index (χ2n) is 0.561. The monoisotopic (exact) mass is 61.0 g/mol. The van der Waals surface area contributed by atoms with Gasteiger partial charge in [0.1, 0.15) is 0 Å². The van der Waals surface area contributed by atoms with Gasteiger partial charge in [0.05, 0.1) is 0 Å². The maximum atomic E-state index is 4.84. The molecule has 0 rings (SSSR count). The fraction of sp³-hybridized carbons (Fsp3) is 0.333. The van der Waals surface area contributed by atoms with Crippen LogP contribution in [-0.2, 0) is 0 Å². The Labute approximate surface area is 34.6 Å². The Morgan fingerprint density at radius 3 is 2.40 bits per heavy atom. The van der Waals surface area contributed by atoms with Gasteiger partial charge in [-0.2, -0.15) is 5.82 Å². The van der Waals surface area contributed by atoms with Gasteiger partial charge >= 0.3 is 0 Å². The zero-order chi connectivity index (χ0) is 4.12. The Balaban J connectivity index is 2.81. The molecule has 0 saturated heterocycles. The summed E-state index contributed by atoms with van der Waals surface area (Å²) in [6, 6.07) is 0. The van der Waals surface area contributed by atoms with Gasteiger partial charge in [0, 0.05) is 7.74 Å². The molecular formula is C3H3B2. The molecule has 0 aliphatic rings. The van der Waals surface area contributed by atoms with Crippen molar-refractivity contribution in [1.82, 2.24) is 0 Å². The predicted molar refractivity (Wildman–Crippen MR) is 25.0 cm³/mol. The Morgan fingerprint density at radius 2 is 2.40 bits per heavy atom. The molecule has 0 amide bonds. The predicted octanol–water partition coefficient (Wildman–Crippen LogP) is -0.245. The van der Waals surface area contributed by atoms with Crippen molar-refractivity contribution < 1.29 is 0 Å². The maximum absolute atomic E-state index is 4.84. The summed E-state index contributed by atoms with van der Waals surface area (Å²) < 4.78 is 0. The third kappa shape index (κ3) is 3.69. The summed E-state index contributed by atoms with van der Waals surface area (Å²) >= 11 is 0. The second kappa shape index (κ2) is 3.69. The zero-order valence-electron chi connectivity index (χ0n) is 3.15. The molecule has 0 bridgehead atoms. The fourth-order valence-electron chi connectivity index (χ4n) is 0.0833. The molecule has 21 valence electrons. The van der Waals surface area contributed by atoms with E-state index in [1.807, 2.05) is 0 Å². The first-order valence-corrected chi connectivity index (χ1v) is 1.37. The van der Waals surface area contributed by atoms with E-state index in [-0.39, 0.29) is 0 Å².